The summed E-state index contributed by atoms with van der Waals surface area (Å²) in [6.07, 6.45) is 1.72. The highest BCUT2D eigenvalue weighted by atomic mass is 19.1. The third-order valence-corrected chi connectivity index (χ3v) is 3.53. The van der Waals surface area contributed by atoms with E-state index in [9.17, 15) is 4.39 Å². The number of ether oxygens (including phenoxy) is 1. The maximum Gasteiger partial charge on any atom is 0.123 e. The molecule has 3 heteroatoms. The lowest BCUT2D eigenvalue weighted by atomic mass is 9.96. The Bertz CT molecular complexity index is 566. The molecule has 20 heavy (non-hydrogen) atoms. The summed E-state index contributed by atoms with van der Waals surface area (Å²) in [5.74, 6) is 0.640. The van der Waals surface area contributed by atoms with Gasteiger partial charge >= 0.3 is 0 Å². The van der Waals surface area contributed by atoms with Gasteiger partial charge in [0.05, 0.1) is 7.11 Å². The molecule has 2 aromatic carbocycles. The molecule has 0 fully saturated rings. The molecule has 0 bridgehead atoms. The quantitative estimate of drug-likeness (QED) is 0.900. The van der Waals surface area contributed by atoms with Crippen LogP contribution >= 0.6 is 0 Å². The molecule has 0 saturated heterocycles. The van der Waals surface area contributed by atoms with Crippen LogP contribution in [0.3, 0.4) is 0 Å². The van der Waals surface area contributed by atoms with E-state index in [1.54, 1.807) is 13.2 Å². The number of aryl methyl sites for hydroxylation is 2. The van der Waals surface area contributed by atoms with Crippen LogP contribution in [0.15, 0.2) is 42.5 Å². The molecule has 0 aromatic heterocycles. The van der Waals surface area contributed by atoms with Crippen LogP contribution < -0.4 is 10.5 Å². The normalized spacial score (nSPS) is 12.2. The summed E-state index contributed by atoms with van der Waals surface area (Å²) in [5, 5.41) is 0. The first-order chi connectivity index (χ1) is 9.60. The van der Waals surface area contributed by atoms with Crippen molar-refractivity contribution in [2.45, 2.75) is 25.8 Å². The topological polar surface area (TPSA) is 35.2 Å². The average molecular weight is 273 g/mol. The van der Waals surface area contributed by atoms with Crippen molar-refractivity contribution in [2.75, 3.05) is 7.11 Å². The average Bonchev–Trinajstić information content (AvgIpc) is 2.45. The number of hydrogen-bond donors (Lipinski definition) is 1. The van der Waals surface area contributed by atoms with Crippen molar-refractivity contribution >= 4 is 0 Å². The Morgan fingerprint density at radius 2 is 1.85 bits per heavy atom. The van der Waals surface area contributed by atoms with E-state index in [2.05, 4.69) is 0 Å². The van der Waals surface area contributed by atoms with Gasteiger partial charge < -0.3 is 10.5 Å². The zero-order chi connectivity index (χ0) is 14.5. The number of hydrogen-bond acceptors (Lipinski definition) is 2. The first-order valence-corrected chi connectivity index (χ1v) is 6.74. The van der Waals surface area contributed by atoms with Crippen molar-refractivity contribution in [1.29, 1.82) is 0 Å². The van der Waals surface area contributed by atoms with Crippen LogP contribution in [-0.4, -0.2) is 7.11 Å². The van der Waals surface area contributed by atoms with Gasteiger partial charge in [-0.15, -0.1) is 0 Å². The van der Waals surface area contributed by atoms with E-state index < -0.39 is 0 Å². The number of methoxy groups -OCH3 is 1. The van der Waals surface area contributed by atoms with Gasteiger partial charge in [0.25, 0.3) is 0 Å². The number of rotatable bonds is 5. The highest BCUT2D eigenvalue weighted by Crippen LogP contribution is 2.22. The predicted octanol–water partition coefficient (Wildman–Crippen LogP) is 3.78. The highest BCUT2D eigenvalue weighted by molar-refractivity contribution is 5.30. The second-order valence-corrected chi connectivity index (χ2v) is 4.99. The van der Waals surface area contributed by atoms with E-state index in [1.165, 1.54) is 17.7 Å². The summed E-state index contributed by atoms with van der Waals surface area (Å²) in [6.45, 7) is 1.89. The largest absolute Gasteiger partial charge is 0.497 e. The van der Waals surface area contributed by atoms with Gasteiger partial charge in [-0.2, -0.15) is 0 Å². The molecule has 0 radical (unpaired) electrons. The lowest BCUT2D eigenvalue weighted by Gasteiger charge is -2.15. The Labute approximate surface area is 119 Å². The van der Waals surface area contributed by atoms with E-state index in [1.807, 2.05) is 31.2 Å². The van der Waals surface area contributed by atoms with Crippen molar-refractivity contribution in [3.05, 3.63) is 65.0 Å². The van der Waals surface area contributed by atoms with Crippen LogP contribution in [0.1, 0.15) is 29.2 Å². The molecule has 2 N–H and O–H groups in total. The predicted molar refractivity (Wildman–Crippen MR) is 79.4 cm³/mol. The number of nitrogens with two attached hydrogens (primary N) is 1. The van der Waals surface area contributed by atoms with Gasteiger partial charge in [-0.05, 0) is 60.7 Å². The fourth-order valence-corrected chi connectivity index (χ4v) is 2.33. The summed E-state index contributed by atoms with van der Waals surface area (Å²) in [4.78, 5) is 0. The van der Waals surface area contributed by atoms with Gasteiger partial charge in [0.2, 0.25) is 0 Å². The van der Waals surface area contributed by atoms with Crippen LogP contribution in [0, 0.1) is 12.7 Å². The summed E-state index contributed by atoms with van der Waals surface area (Å²) >= 11 is 0. The van der Waals surface area contributed by atoms with Crippen molar-refractivity contribution in [3.63, 3.8) is 0 Å². The molecule has 0 spiro atoms. The molecule has 0 saturated carbocycles. The lowest BCUT2D eigenvalue weighted by Crippen LogP contribution is -2.13. The van der Waals surface area contributed by atoms with E-state index in [0.29, 0.717) is 0 Å². The molecule has 0 aliphatic carbocycles. The molecular formula is C17H20FNO. The fourth-order valence-electron chi connectivity index (χ4n) is 2.33. The maximum atomic E-state index is 13.1. The van der Waals surface area contributed by atoms with Crippen molar-refractivity contribution in [2.24, 2.45) is 5.73 Å². The molecule has 1 atom stereocenters. The van der Waals surface area contributed by atoms with E-state index in [4.69, 9.17) is 10.5 Å². The minimum atomic E-state index is -0.214. The van der Waals surface area contributed by atoms with Crippen LogP contribution in [0.4, 0.5) is 4.39 Å². The van der Waals surface area contributed by atoms with Crippen molar-refractivity contribution in [1.82, 2.24) is 0 Å². The van der Waals surface area contributed by atoms with E-state index >= 15 is 0 Å². The van der Waals surface area contributed by atoms with Gasteiger partial charge in [0.15, 0.2) is 0 Å². The van der Waals surface area contributed by atoms with E-state index in [-0.39, 0.29) is 11.9 Å². The van der Waals surface area contributed by atoms with Gasteiger partial charge in [-0.1, -0.05) is 18.2 Å². The molecule has 2 nitrogen and oxygen atoms in total. The lowest BCUT2D eigenvalue weighted by molar-refractivity contribution is 0.414. The molecule has 0 heterocycles. The Hall–Kier alpha value is -1.87. The maximum absolute atomic E-state index is 13.1. The van der Waals surface area contributed by atoms with Crippen LogP contribution in [0.5, 0.6) is 5.75 Å². The molecule has 2 rings (SSSR count). The van der Waals surface area contributed by atoms with Crippen molar-refractivity contribution in [3.8, 4) is 5.75 Å². The fraction of sp³-hybridized carbons (Fsp3) is 0.294. The van der Waals surface area contributed by atoms with Crippen LogP contribution in [0.25, 0.3) is 0 Å². The minimum absolute atomic E-state index is 0.0716. The van der Waals surface area contributed by atoms with Gasteiger partial charge in [0, 0.05) is 6.04 Å². The third kappa shape index (κ3) is 3.58. The third-order valence-electron chi connectivity index (χ3n) is 3.53. The minimum Gasteiger partial charge on any atom is -0.497 e. The number of halogens is 1. The molecule has 0 aliphatic rings. The Morgan fingerprint density at radius 1 is 1.15 bits per heavy atom. The zero-order valence-electron chi connectivity index (χ0n) is 11.9. The standard InChI is InChI=1S/C17H20FNO/c1-12-11-14(18)6-9-16(12)17(19)10-5-13-3-7-15(20-2)8-4-13/h3-4,6-9,11,17H,5,10,19H2,1-2H3. The molecule has 1 unspecified atom stereocenters. The van der Waals surface area contributed by atoms with Gasteiger partial charge in [-0.3, -0.25) is 0 Å². The number of benzene rings is 2. The monoisotopic (exact) mass is 273 g/mol. The Balaban J connectivity index is 1.98. The first kappa shape index (κ1) is 14.5. The SMILES string of the molecule is COc1ccc(CCC(N)c2ccc(F)cc2C)cc1. The zero-order valence-corrected chi connectivity index (χ0v) is 11.9. The summed E-state index contributed by atoms with van der Waals surface area (Å²) in [7, 11) is 1.65. The molecule has 0 amide bonds. The van der Waals surface area contributed by atoms with Crippen LogP contribution in [0.2, 0.25) is 0 Å². The second kappa shape index (κ2) is 6.53. The van der Waals surface area contributed by atoms with Gasteiger partial charge in [0.1, 0.15) is 11.6 Å². The van der Waals surface area contributed by atoms with Crippen LogP contribution in [-0.2, 0) is 6.42 Å². The van der Waals surface area contributed by atoms with Crippen molar-refractivity contribution < 1.29 is 9.13 Å². The highest BCUT2D eigenvalue weighted by Gasteiger charge is 2.09. The van der Waals surface area contributed by atoms with Gasteiger partial charge in [-0.25, -0.2) is 4.39 Å². The Kier molecular flexibility index (Phi) is 4.74. The molecule has 2 aromatic rings. The second-order valence-electron chi connectivity index (χ2n) is 4.99. The van der Waals surface area contributed by atoms with E-state index in [0.717, 1.165) is 29.7 Å². The molecular weight excluding hydrogens is 253 g/mol. The summed E-state index contributed by atoms with van der Waals surface area (Å²) in [6, 6.07) is 12.7. The summed E-state index contributed by atoms with van der Waals surface area (Å²) in [5.41, 5.74) is 9.35. The molecule has 106 valence electrons. The first-order valence-electron chi connectivity index (χ1n) is 6.74. The Morgan fingerprint density at radius 3 is 2.45 bits per heavy atom. The smallest absolute Gasteiger partial charge is 0.123 e. The summed E-state index contributed by atoms with van der Waals surface area (Å²) < 4.78 is 18.2. The molecule has 0 aliphatic heterocycles.